The van der Waals surface area contributed by atoms with E-state index in [0.29, 0.717) is 0 Å². The van der Waals surface area contributed by atoms with Crippen molar-refractivity contribution in [1.29, 1.82) is 0 Å². The lowest BCUT2D eigenvalue weighted by Crippen LogP contribution is -2.39. The first-order valence-electron chi connectivity index (χ1n) is 6.00. The number of carbonyl (C=O) groups excluding carboxylic acids is 1. The van der Waals surface area contributed by atoms with Crippen LogP contribution < -0.4 is 0 Å². The topological polar surface area (TPSA) is 29.5 Å². The van der Waals surface area contributed by atoms with Gasteiger partial charge in [0.05, 0.1) is 7.11 Å². The minimum atomic E-state index is -0.164. The molecular weight excluding hydrogens is 246 g/mol. The van der Waals surface area contributed by atoms with Crippen LogP contribution in [-0.4, -0.2) is 43.1 Å². The molecule has 0 saturated carbocycles. The molecule has 1 aromatic rings. The Hall–Kier alpha value is -1.00. The summed E-state index contributed by atoms with van der Waals surface area (Å²) >= 11 is 1.75. The van der Waals surface area contributed by atoms with E-state index < -0.39 is 0 Å². The number of nitrogens with zero attached hydrogens (tertiary/aromatic N) is 1. The quantitative estimate of drug-likeness (QED) is 0.710. The largest absolute Gasteiger partial charge is 0.468 e. The number of esters is 1. The average molecular weight is 267 g/mol. The Kier molecular flexibility index (Phi) is 6.83. The molecule has 0 aromatic heterocycles. The average Bonchev–Trinajstić information content (AvgIpc) is 2.40. The van der Waals surface area contributed by atoms with Gasteiger partial charge < -0.3 is 4.74 Å². The molecule has 0 N–H and O–H groups in total. The third-order valence-electron chi connectivity index (χ3n) is 2.88. The summed E-state index contributed by atoms with van der Waals surface area (Å²) in [5.74, 6) is 0.807. The van der Waals surface area contributed by atoms with Gasteiger partial charge in [-0.2, -0.15) is 11.8 Å². The summed E-state index contributed by atoms with van der Waals surface area (Å²) in [6.45, 7) is 0.759. The van der Waals surface area contributed by atoms with E-state index in [1.165, 1.54) is 12.7 Å². The Morgan fingerprint density at radius 2 is 2.06 bits per heavy atom. The highest BCUT2D eigenvalue weighted by atomic mass is 32.2. The van der Waals surface area contributed by atoms with E-state index in [1.54, 1.807) is 11.8 Å². The van der Waals surface area contributed by atoms with Crippen molar-refractivity contribution in [3.05, 3.63) is 35.9 Å². The van der Waals surface area contributed by atoms with Crippen molar-refractivity contribution in [3.63, 3.8) is 0 Å². The van der Waals surface area contributed by atoms with E-state index in [0.717, 1.165) is 18.7 Å². The number of thioether (sulfide) groups is 1. The van der Waals surface area contributed by atoms with Crippen molar-refractivity contribution in [2.75, 3.05) is 26.2 Å². The van der Waals surface area contributed by atoms with Gasteiger partial charge in [-0.1, -0.05) is 30.3 Å². The monoisotopic (exact) mass is 267 g/mol. The molecule has 0 bridgehead atoms. The van der Waals surface area contributed by atoms with Gasteiger partial charge in [0.1, 0.15) is 6.04 Å². The number of hydrogen-bond donors (Lipinski definition) is 0. The number of carbonyl (C=O) groups is 1. The zero-order chi connectivity index (χ0) is 13.4. The van der Waals surface area contributed by atoms with E-state index >= 15 is 0 Å². The molecule has 0 spiro atoms. The summed E-state index contributed by atoms with van der Waals surface area (Å²) < 4.78 is 4.88. The van der Waals surface area contributed by atoms with E-state index in [2.05, 4.69) is 17.0 Å². The van der Waals surface area contributed by atoms with Gasteiger partial charge in [-0.15, -0.1) is 0 Å². The first kappa shape index (κ1) is 15.1. The van der Waals surface area contributed by atoms with E-state index in [1.807, 2.05) is 31.5 Å². The Labute approximate surface area is 114 Å². The normalized spacial score (nSPS) is 12.4. The summed E-state index contributed by atoms with van der Waals surface area (Å²) in [6, 6.07) is 9.99. The SMILES string of the molecule is COC(=O)C(CCSC)N(C)Cc1ccccc1. The summed E-state index contributed by atoms with van der Waals surface area (Å²) in [4.78, 5) is 13.8. The summed E-state index contributed by atoms with van der Waals surface area (Å²) in [7, 11) is 3.42. The molecule has 0 radical (unpaired) electrons. The van der Waals surface area contributed by atoms with Crippen LogP contribution in [0.4, 0.5) is 0 Å². The fraction of sp³-hybridized carbons (Fsp3) is 0.500. The van der Waals surface area contributed by atoms with Crippen LogP contribution in [-0.2, 0) is 16.1 Å². The second-order valence-corrected chi connectivity index (χ2v) is 5.21. The number of ether oxygens (including phenoxy) is 1. The van der Waals surface area contributed by atoms with Gasteiger partial charge >= 0.3 is 5.97 Å². The fourth-order valence-corrected chi connectivity index (χ4v) is 2.32. The van der Waals surface area contributed by atoms with Gasteiger partial charge in [-0.05, 0) is 31.0 Å². The van der Waals surface area contributed by atoms with Gasteiger partial charge in [0, 0.05) is 6.54 Å². The molecule has 0 fully saturated rings. The number of methoxy groups -OCH3 is 1. The maximum Gasteiger partial charge on any atom is 0.323 e. The van der Waals surface area contributed by atoms with Crippen LogP contribution >= 0.6 is 11.8 Å². The van der Waals surface area contributed by atoms with Crippen LogP contribution in [0.5, 0.6) is 0 Å². The molecule has 0 aliphatic rings. The predicted molar refractivity (Wildman–Crippen MR) is 76.7 cm³/mol. The van der Waals surface area contributed by atoms with Crippen molar-refractivity contribution in [2.24, 2.45) is 0 Å². The molecule has 0 aliphatic heterocycles. The Balaban J connectivity index is 2.63. The molecule has 0 saturated heterocycles. The third kappa shape index (κ3) is 4.70. The van der Waals surface area contributed by atoms with E-state index in [4.69, 9.17) is 4.74 Å². The van der Waals surface area contributed by atoms with E-state index in [-0.39, 0.29) is 12.0 Å². The van der Waals surface area contributed by atoms with Crippen molar-refractivity contribution in [1.82, 2.24) is 4.90 Å². The molecule has 4 heteroatoms. The highest BCUT2D eigenvalue weighted by molar-refractivity contribution is 7.98. The zero-order valence-corrected chi connectivity index (χ0v) is 12.1. The molecule has 1 aromatic carbocycles. The minimum Gasteiger partial charge on any atom is -0.468 e. The number of hydrogen-bond acceptors (Lipinski definition) is 4. The summed E-state index contributed by atoms with van der Waals surface area (Å²) in [5, 5.41) is 0. The molecule has 0 aliphatic carbocycles. The van der Waals surface area contributed by atoms with Crippen molar-refractivity contribution < 1.29 is 9.53 Å². The number of likely N-dealkylation sites (N-methyl/N-ethyl adjacent to an activating group) is 1. The van der Waals surface area contributed by atoms with Crippen LogP contribution in [0.3, 0.4) is 0 Å². The molecule has 0 heterocycles. The fourth-order valence-electron chi connectivity index (χ4n) is 1.87. The second-order valence-electron chi connectivity index (χ2n) is 4.22. The van der Waals surface area contributed by atoms with Crippen molar-refractivity contribution in [2.45, 2.75) is 19.0 Å². The van der Waals surface area contributed by atoms with Gasteiger partial charge in [0.15, 0.2) is 0 Å². The Morgan fingerprint density at radius 1 is 1.39 bits per heavy atom. The molecule has 0 amide bonds. The molecule has 1 rings (SSSR count). The molecular formula is C14H21NO2S. The lowest BCUT2D eigenvalue weighted by Gasteiger charge is -2.25. The highest BCUT2D eigenvalue weighted by Gasteiger charge is 2.23. The number of benzene rings is 1. The third-order valence-corrected chi connectivity index (χ3v) is 3.52. The van der Waals surface area contributed by atoms with Crippen LogP contribution in [0, 0.1) is 0 Å². The zero-order valence-electron chi connectivity index (χ0n) is 11.3. The van der Waals surface area contributed by atoms with Gasteiger partial charge in [0.25, 0.3) is 0 Å². The second kappa shape index (κ2) is 8.16. The molecule has 100 valence electrons. The van der Waals surface area contributed by atoms with Crippen LogP contribution in [0.25, 0.3) is 0 Å². The maximum atomic E-state index is 11.8. The summed E-state index contributed by atoms with van der Waals surface area (Å²) in [6.07, 6.45) is 2.86. The Bertz CT molecular complexity index is 356. The van der Waals surface area contributed by atoms with Crippen LogP contribution in [0.15, 0.2) is 30.3 Å². The molecule has 1 unspecified atom stereocenters. The van der Waals surface area contributed by atoms with Gasteiger partial charge in [-0.3, -0.25) is 9.69 Å². The van der Waals surface area contributed by atoms with Crippen LogP contribution in [0.2, 0.25) is 0 Å². The molecule has 18 heavy (non-hydrogen) atoms. The molecule has 1 atom stereocenters. The van der Waals surface area contributed by atoms with Crippen molar-refractivity contribution >= 4 is 17.7 Å². The minimum absolute atomic E-state index is 0.150. The van der Waals surface area contributed by atoms with Gasteiger partial charge in [-0.25, -0.2) is 0 Å². The lowest BCUT2D eigenvalue weighted by molar-refractivity contribution is -0.146. The van der Waals surface area contributed by atoms with Gasteiger partial charge in [0.2, 0.25) is 0 Å². The summed E-state index contributed by atoms with van der Waals surface area (Å²) in [5.41, 5.74) is 1.21. The smallest absolute Gasteiger partial charge is 0.323 e. The highest BCUT2D eigenvalue weighted by Crippen LogP contribution is 2.12. The Morgan fingerprint density at radius 3 is 2.61 bits per heavy atom. The lowest BCUT2D eigenvalue weighted by atomic mass is 10.1. The maximum absolute atomic E-state index is 11.8. The van der Waals surface area contributed by atoms with Crippen LogP contribution in [0.1, 0.15) is 12.0 Å². The number of rotatable bonds is 7. The standard InChI is InChI=1S/C14H21NO2S/c1-15(11-12-7-5-4-6-8-12)13(9-10-18-3)14(16)17-2/h4-8,13H,9-11H2,1-3H3. The predicted octanol–water partition coefficient (Wildman–Crippen LogP) is 2.41. The first-order chi connectivity index (χ1) is 8.69. The first-order valence-corrected chi connectivity index (χ1v) is 7.39. The van der Waals surface area contributed by atoms with E-state index in [9.17, 15) is 4.79 Å². The molecule has 3 nitrogen and oxygen atoms in total. The van der Waals surface area contributed by atoms with Crippen molar-refractivity contribution in [3.8, 4) is 0 Å².